The average molecular weight is 484 g/mol. The zero-order valence-electron chi connectivity index (χ0n) is 20.4. The summed E-state index contributed by atoms with van der Waals surface area (Å²) in [7, 11) is 1.79. The van der Waals surface area contributed by atoms with Crippen LogP contribution < -0.4 is 15.6 Å². The molecule has 0 aliphatic heterocycles. The van der Waals surface area contributed by atoms with Crippen LogP contribution in [0.25, 0.3) is 33.1 Å². The van der Waals surface area contributed by atoms with Gasteiger partial charge < -0.3 is 14.6 Å². The van der Waals surface area contributed by atoms with Crippen LogP contribution in [0.15, 0.2) is 59.8 Å². The number of aromatic amines is 1. The maximum atomic E-state index is 11.9. The van der Waals surface area contributed by atoms with Gasteiger partial charge in [-0.05, 0) is 56.9 Å². The van der Waals surface area contributed by atoms with Crippen molar-refractivity contribution in [2.24, 2.45) is 7.05 Å². The van der Waals surface area contributed by atoms with Gasteiger partial charge in [0.1, 0.15) is 17.3 Å². The Labute approximate surface area is 208 Å². The number of aromatic nitrogens is 6. The number of hydrogen-bond acceptors (Lipinski definition) is 6. The Bertz CT molecular complexity index is 1580. The number of benzene rings is 1. The molecular formula is C27H29N7O2. The molecule has 4 heterocycles. The smallest absolute Gasteiger partial charge is 0.250 e. The van der Waals surface area contributed by atoms with Crippen molar-refractivity contribution in [2.45, 2.75) is 44.8 Å². The zero-order chi connectivity index (χ0) is 24.6. The Morgan fingerprint density at radius 3 is 2.72 bits per heavy atom. The van der Waals surface area contributed by atoms with Crippen LogP contribution in [0.2, 0.25) is 0 Å². The van der Waals surface area contributed by atoms with Gasteiger partial charge in [0, 0.05) is 54.5 Å². The minimum atomic E-state index is -0.00931. The summed E-state index contributed by atoms with van der Waals surface area (Å²) in [6.07, 6.45) is 9.59. The lowest BCUT2D eigenvalue weighted by Crippen LogP contribution is -2.26. The molecule has 36 heavy (non-hydrogen) atoms. The molecule has 5 aromatic rings. The van der Waals surface area contributed by atoms with Gasteiger partial charge >= 0.3 is 0 Å². The molecule has 0 bridgehead atoms. The molecule has 9 nitrogen and oxygen atoms in total. The van der Waals surface area contributed by atoms with E-state index in [-0.39, 0.29) is 17.7 Å². The van der Waals surface area contributed by atoms with Crippen LogP contribution in [0.4, 0.5) is 5.82 Å². The van der Waals surface area contributed by atoms with Crippen molar-refractivity contribution in [3.05, 3.63) is 65.3 Å². The van der Waals surface area contributed by atoms with E-state index in [1.54, 1.807) is 23.9 Å². The van der Waals surface area contributed by atoms with Gasteiger partial charge in [-0.15, -0.1) is 0 Å². The first-order valence-electron chi connectivity index (χ1n) is 12.5. The van der Waals surface area contributed by atoms with Gasteiger partial charge in [0.25, 0.3) is 5.56 Å². The van der Waals surface area contributed by atoms with Gasteiger partial charge in [0.15, 0.2) is 0 Å². The minimum absolute atomic E-state index is 0.00931. The molecule has 1 saturated carbocycles. The number of fused-ring (bicyclic) bond motifs is 2. The second kappa shape index (κ2) is 9.14. The summed E-state index contributed by atoms with van der Waals surface area (Å²) in [5.41, 5.74) is 3.84. The Balaban J connectivity index is 1.22. The molecule has 1 aliphatic carbocycles. The van der Waals surface area contributed by atoms with Gasteiger partial charge in [-0.25, -0.2) is 4.98 Å². The first kappa shape index (κ1) is 22.3. The predicted molar refractivity (Wildman–Crippen MR) is 140 cm³/mol. The van der Waals surface area contributed by atoms with E-state index in [0.29, 0.717) is 0 Å². The summed E-state index contributed by atoms with van der Waals surface area (Å²) < 4.78 is 10.2. The molecule has 1 fully saturated rings. The fraction of sp³-hybridized carbons (Fsp3) is 0.333. The number of aryl methyl sites for hydroxylation is 1. The molecule has 0 atom stereocenters. The molecule has 1 aliphatic rings. The van der Waals surface area contributed by atoms with Crippen LogP contribution in [0.1, 0.15) is 38.6 Å². The van der Waals surface area contributed by atoms with Crippen LogP contribution >= 0.6 is 0 Å². The molecule has 0 unspecified atom stereocenters. The number of ether oxygens (including phenoxy) is 1. The van der Waals surface area contributed by atoms with E-state index in [4.69, 9.17) is 9.84 Å². The van der Waals surface area contributed by atoms with Crippen LogP contribution in [0, 0.1) is 0 Å². The predicted octanol–water partition coefficient (Wildman–Crippen LogP) is 4.67. The van der Waals surface area contributed by atoms with Crippen LogP contribution in [-0.4, -0.2) is 42.2 Å². The number of H-pyrrole nitrogens is 1. The van der Waals surface area contributed by atoms with Gasteiger partial charge in [-0.2, -0.15) is 10.2 Å². The normalized spacial score (nSPS) is 18.1. The quantitative estimate of drug-likeness (QED) is 0.364. The Kier molecular flexibility index (Phi) is 5.67. The van der Waals surface area contributed by atoms with Crippen LogP contribution in [0.5, 0.6) is 5.75 Å². The van der Waals surface area contributed by atoms with E-state index in [9.17, 15) is 4.79 Å². The second-order valence-electron chi connectivity index (χ2n) is 9.40. The van der Waals surface area contributed by atoms with Crippen molar-refractivity contribution in [3.8, 4) is 17.0 Å². The van der Waals surface area contributed by atoms with Crippen molar-refractivity contribution in [3.63, 3.8) is 0 Å². The number of pyridine rings is 2. The number of anilines is 1. The van der Waals surface area contributed by atoms with E-state index in [0.717, 1.165) is 76.9 Å². The fourth-order valence-corrected chi connectivity index (χ4v) is 5.22. The highest BCUT2D eigenvalue weighted by atomic mass is 16.5. The number of nitrogens with zero attached hydrogens (tertiary/aromatic N) is 5. The monoisotopic (exact) mass is 483 g/mol. The summed E-state index contributed by atoms with van der Waals surface area (Å²) in [5, 5.41) is 17.4. The number of hydrogen-bond donors (Lipinski definition) is 2. The zero-order valence-corrected chi connectivity index (χ0v) is 20.4. The number of nitrogens with one attached hydrogen (secondary N) is 2. The lowest BCUT2D eigenvalue weighted by Gasteiger charge is -2.29. The van der Waals surface area contributed by atoms with Gasteiger partial charge in [0.05, 0.1) is 29.4 Å². The van der Waals surface area contributed by atoms with Crippen molar-refractivity contribution >= 4 is 27.6 Å². The van der Waals surface area contributed by atoms with E-state index < -0.39 is 0 Å². The molecule has 184 valence electrons. The van der Waals surface area contributed by atoms with E-state index in [1.807, 2.05) is 36.7 Å². The highest BCUT2D eigenvalue weighted by Gasteiger charge is 2.27. The van der Waals surface area contributed by atoms with Crippen LogP contribution in [-0.2, 0) is 7.05 Å². The summed E-state index contributed by atoms with van der Waals surface area (Å²) in [4.78, 5) is 16.5. The third kappa shape index (κ3) is 4.00. The van der Waals surface area contributed by atoms with Gasteiger partial charge in [0.2, 0.25) is 0 Å². The molecule has 9 heteroatoms. The van der Waals surface area contributed by atoms with Crippen molar-refractivity contribution < 1.29 is 4.74 Å². The van der Waals surface area contributed by atoms with Crippen molar-refractivity contribution in [1.82, 2.24) is 29.5 Å². The Morgan fingerprint density at radius 2 is 1.94 bits per heavy atom. The molecule has 0 spiro atoms. The van der Waals surface area contributed by atoms with Gasteiger partial charge in [-0.1, -0.05) is 0 Å². The van der Waals surface area contributed by atoms with E-state index in [1.165, 1.54) is 0 Å². The molecule has 2 N–H and O–H groups in total. The molecule has 0 radical (unpaired) electrons. The van der Waals surface area contributed by atoms with E-state index >= 15 is 0 Å². The molecule has 6 rings (SSSR count). The average Bonchev–Trinajstić information content (AvgIpc) is 3.55. The molecule has 1 aromatic carbocycles. The third-order valence-corrected chi connectivity index (χ3v) is 7.11. The molecular weight excluding hydrogens is 454 g/mol. The highest BCUT2D eigenvalue weighted by Crippen LogP contribution is 2.36. The molecule has 4 aromatic heterocycles. The minimum Gasteiger partial charge on any atom is -0.490 e. The summed E-state index contributed by atoms with van der Waals surface area (Å²) in [6.45, 7) is 2.88. The SMILES string of the molecule is CCNc1cc2c(cn1)c(-c1cn[nH]c1)nn2C1CCC(Oc2ccc3c(ccc(=O)n3C)c2)CC1. The van der Waals surface area contributed by atoms with Gasteiger partial charge in [-0.3, -0.25) is 14.6 Å². The summed E-state index contributed by atoms with van der Waals surface area (Å²) >= 11 is 0. The lowest BCUT2D eigenvalue weighted by molar-refractivity contribution is 0.131. The summed E-state index contributed by atoms with van der Waals surface area (Å²) in [6, 6.07) is 11.8. The topological polar surface area (TPSA) is 103 Å². The maximum Gasteiger partial charge on any atom is 0.250 e. The third-order valence-electron chi connectivity index (χ3n) is 7.11. The largest absolute Gasteiger partial charge is 0.490 e. The maximum absolute atomic E-state index is 11.9. The molecule has 0 saturated heterocycles. The lowest BCUT2D eigenvalue weighted by atomic mass is 9.93. The fourth-order valence-electron chi connectivity index (χ4n) is 5.22. The Morgan fingerprint density at radius 1 is 1.08 bits per heavy atom. The van der Waals surface area contributed by atoms with E-state index in [2.05, 4.69) is 38.2 Å². The first-order valence-corrected chi connectivity index (χ1v) is 12.5. The highest BCUT2D eigenvalue weighted by molar-refractivity contribution is 5.93. The first-order chi connectivity index (χ1) is 17.6. The number of rotatable bonds is 6. The Hall–Kier alpha value is -4.14. The molecule has 0 amide bonds. The summed E-state index contributed by atoms with van der Waals surface area (Å²) in [5.74, 6) is 1.70. The second-order valence-corrected chi connectivity index (χ2v) is 9.40. The van der Waals surface area contributed by atoms with Crippen molar-refractivity contribution in [1.29, 1.82) is 0 Å². The van der Waals surface area contributed by atoms with Crippen molar-refractivity contribution in [2.75, 3.05) is 11.9 Å². The van der Waals surface area contributed by atoms with Crippen LogP contribution in [0.3, 0.4) is 0 Å². The standard InChI is InChI=1S/C27H29N7O2/c1-3-28-25-13-24-22(16-29-25)27(18-14-30-31-15-18)32-34(24)19-5-7-20(8-6-19)36-21-9-10-23-17(12-21)4-11-26(35)33(23)2/h4,9-16,19-20H,3,5-8H2,1-2H3,(H,28,29)(H,30,31).